The van der Waals surface area contributed by atoms with Crippen LogP contribution in [0.5, 0.6) is 17.2 Å². The van der Waals surface area contributed by atoms with E-state index in [9.17, 15) is 5.11 Å². The van der Waals surface area contributed by atoms with Gasteiger partial charge in [-0.05, 0) is 41.0 Å². The predicted molar refractivity (Wildman–Crippen MR) is 90.9 cm³/mol. The highest BCUT2D eigenvalue weighted by atomic mass is 16.5. The van der Waals surface area contributed by atoms with E-state index in [2.05, 4.69) is 0 Å². The molecule has 1 N–H and O–H groups in total. The van der Waals surface area contributed by atoms with Crippen molar-refractivity contribution in [2.45, 2.75) is 6.61 Å². The van der Waals surface area contributed by atoms with Gasteiger partial charge in [-0.15, -0.1) is 0 Å². The summed E-state index contributed by atoms with van der Waals surface area (Å²) in [5.41, 5.74) is 3.10. The lowest BCUT2D eigenvalue weighted by Crippen LogP contribution is -1.95. The van der Waals surface area contributed by atoms with E-state index in [4.69, 9.17) is 9.47 Å². The van der Waals surface area contributed by atoms with Gasteiger partial charge < -0.3 is 14.6 Å². The van der Waals surface area contributed by atoms with E-state index < -0.39 is 0 Å². The maximum atomic E-state index is 9.70. The molecule has 0 fully saturated rings. The van der Waals surface area contributed by atoms with Crippen molar-refractivity contribution >= 4 is 0 Å². The lowest BCUT2D eigenvalue weighted by atomic mass is 10.0. The molecule has 3 aromatic rings. The summed E-state index contributed by atoms with van der Waals surface area (Å²) in [7, 11) is 1.54. The Morgan fingerprint density at radius 3 is 2.39 bits per heavy atom. The number of ether oxygens (including phenoxy) is 2. The Kier molecular flexibility index (Phi) is 4.48. The van der Waals surface area contributed by atoms with Crippen LogP contribution < -0.4 is 9.47 Å². The van der Waals surface area contributed by atoms with E-state index in [-0.39, 0.29) is 5.75 Å². The molecule has 0 aliphatic carbocycles. The van der Waals surface area contributed by atoms with Crippen LogP contribution in [-0.4, -0.2) is 12.2 Å². The van der Waals surface area contributed by atoms with Crippen LogP contribution in [-0.2, 0) is 6.61 Å². The second kappa shape index (κ2) is 6.88. The van der Waals surface area contributed by atoms with Crippen molar-refractivity contribution in [2.75, 3.05) is 7.11 Å². The summed E-state index contributed by atoms with van der Waals surface area (Å²) >= 11 is 0. The third-order valence-electron chi connectivity index (χ3n) is 3.60. The van der Waals surface area contributed by atoms with E-state index in [1.165, 1.54) is 7.11 Å². The minimum Gasteiger partial charge on any atom is -0.504 e. The van der Waals surface area contributed by atoms with Crippen LogP contribution in [0, 0.1) is 0 Å². The molecule has 23 heavy (non-hydrogen) atoms. The van der Waals surface area contributed by atoms with Gasteiger partial charge in [-0.25, -0.2) is 0 Å². The highest BCUT2D eigenvalue weighted by Gasteiger charge is 2.06. The average molecular weight is 306 g/mol. The first-order valence-electron chi connectivity index (χ1n) is 7.40. The molecule has 0 saturated heterocycles. The third-order valence-corrected chi connectivity index (χ3v) is 3.60. The fraction of sp³-hybridized carbons (Fsp3) is 0.100. The standard InChI is InChI=1S/C20H18O3/c1-22-20-13-17(10-11-19(20)21)16-8-5-9-18(12-16)23-14-15-6-3-2-4-7-15/h2-13,21H,14H2,1H3. The Bertz CT molecular complexity index is 782. The van der Waals surface area contributed by atoms with Gasteiger partial charge >= 0.3 is 0 Å². The van der Waals surface area contributed by atoms with Gasteiger partial charge in [-0.3, -0.25) is 0 Å². The van der Waals surface area contributed by atoms with Gasteiger partial charge in [-0.2, -0.15) is 0 Å². The second-order valence-corrected chi connectivity index (χ2v) is 5.19. The Balaban J connectivity index is 1.79. The van der Waals surface area contributed by atoms with Crippen LogP contribution in [0.4, 0.5) is 0 Å². The molecule has 0 radical (unpaired) electrons. The van der Waals surface area contributed by atoms with E-state index in [0.717, 1.165) is 22.4 Å². The molecule has 3 heteroatoms. The number of methoxy groups -OCH3 is 1. The molecular formula is C20H18O3. The summed E-state index contributed by atoms with van der Waals surface area (Å²) in [4.78, 5) is 0. The van der Waals surface area contributed by atoms with Crippen LogP contribution in [0.15, 0.2) is 72.8 Å². The number of phenolic OH excluding ortho intramolecular Hbond substituents is 1. The third kappa shape index (κ3) is 3.64. The minimum atomic E-state index is 0.132. The van der Waals surface area contributed by atoms with Gasteiger partial charge in [0.2, 0.25) is 0 Å². The fourth-order valence-electron chi connectivity index (χ4n) is 2.36. The van der Waals surface area contributed by atoms with Gasteiger partial charge in [0.05, 0.1) is 7.11 Å². The summed E-state index contributed by atoms with van der Waals surface area (Å²) in [6, 6.07) is 23.2. The van der Waals surface area contributed by atoms with E-state index in [1.54, 1.807) is 6.07 Å². The SMILES string of the molecule is COc1cc(-c2cccc(OCc3ccccc3)c2)ccc1O. The Morgan fingerprint density at radius 2 is 1.61 bits per heavy atom. The molecule has 0 unspecified atom stereocenters. The van der Waals surface area contributed by atoms with Gasteiger partial charge in [0.25, 0.3) is 0 Å². The number of benzene rings is 3. The number of phenols is 1. The summed E-state index contributed by atoms with van der Waals surface area (Å²) < 4.78 is 11.0. The summed E-state index contributed by atoms with van der Waals surface area (Å²) in [6.45, 7) is 0.531. The molecule has 0 saturated carbocycles. The van der Waals surface area contributed by atoms with Gasteiger partial charge in [0, 0.05) is 0 Å². The number of aromatic hydroxyl groups is 1. The van der Waals surface area contributed by atoms with Crippen molar-refractivity contribution in [3.63, 3.8) is 0 Å². The molecule has 3 nitrogen and oxygen atoms in total. The maximum Gasteiger partial charge on any atom is 0.161 e. The van der Waals surface area contributed by atoms with Crippen LogP contribution in [0.1, 0.15) is 5.56 Å². The molecule has 0 bridgehead atoms. The molecule has 0 aliphatic heterocycles. The normalized spacial score (nSPS) is 10.3. The lowest BCUT2D eigenvalue weighted by Gasteiger charge is -2.10. The zero-order valence-electron chi connectivity index (χ0n) is 12.9. The monoisotopic (exact) mass is 306 g/mol. The zero-order chi connectivity index (χ0) is 16.1. The van der Waals surface area contributed by atoms with Crippen molar-refractivity contribution in [2.24, 2.45) is 0 Å². The van der Waals surface area contributed by atoms with Gasteiger partial charge in [0.15, 0.2) is 11.5 Å². The fourth-order valence-corrected chi connectivity index (χ4v) is 2.36. The van der Waals surface area contributed by atoms with E-state index in [0.29, 0.717) is 12.4 Å². The zero-order valence-corrected chi connectivity index (χ0v) is 12.9. The van der Waals surface area contributed by atoms with E-state index >= 15 is 0 Å². The van der Waals surface area contributed by atoms with Crippen molar-refractivity contribution in [3.8, 4) is 28.4 Å². The second-order valence-electron chi connectivity index (χ2n) is 5.19. The first-order valence-corrected chi connectivity index (χ1v) is 7.40. The molecule has 0 aliphatic rings. The first-order chi connectivity index (χ1) is 11.3. The Labute approximate surface area is 135 Å². The minimum absolute atomic E-state index is 0.132. The molecule has 3 rings (SSSR count). The highest BCUT2D eigenvalue weighted by molar-refractivity contribution is 5.68. The average Bonchev–Trinajstić information content (AvgIpc) is 2.61. The Morgan fingerprint density at radius 1 is 0.826 bits per heavy atom. The summed E-state index contributed by atoms with van der Waals surface area (Å²) in [6.07, 6.45) is 0. The predicted octanol–water partition coefficient (Wildman–Crippen LogP) is 4.65. The quantitative estimate of drug-likeness (QED) is 0.746. The molecule has 0 spiro atoms. The Hall–Kier alpha value is -2.94. The molecular weight excluding hydrogens is 288 g/mol. The summed E-state index contributed by atoms with van der Waals surface area (Å²) in [5.74, 6) is 1.39. The molecule has 0 aromatic heterocycles. The largest absolute Gasteiger partial charge is 0.504 e. The van der Waals surface area contributed by atoms with Crippen LogP contribution in [0.2, 0.25) is 0 Å². The molecule has 0 atom stereocenters. The van der Waals surface area contributed by atoms with Crippen molar-refractivity contribution < 1.29 is 14.6 Å². The number of rotatable bonds is 5. The molecule has 116 valence electrons. The van der Waals surface area contributed by atoms with Crippen LogP contribution in [0.25, 0.3) is 11.1 Å². The van der Waals surface area contributed by atoms with Crippen molar-refractivity contribution in [1.29, 1.82) is 0 Å². The topological polar surface area (TPSA) is 38.7 Å². The van der Waals surface area contributed by atoms with Gasteiger partial charge in [-0.1, -0.05) is 48.5 Å². The molecule has 3 aromatic carbocycles. The van der Waals surface area contributed by atoms with Gasteiger partial charge in [0.1, 0.15) is 12.4 Å². The van der Waals surface area contributed by atoms with Crippen molar-refractivity contribution in [1.82, 2.24) is 0 Å². The van der Waals surface area contributed by atoms with E-state index in [1.807, 2.05) is 66.7 Å². The number of hydrogen-bond donors (Lipinski definition) is 1. The highest BCUT2D eigenvalue weighted by Crippen LogP contribution is 2.32. The van der Waals surface area contributed by atoms with Crippen LogP contribution in [0.3, 0.4) is 0 Å². The summed E-state index contributed by atoms with van der Waals surface area (Å²) in [5, 5.41) is 9.70. The number of hydrogen-bond acceptors (Lipinski definition) is 3. The van der Waals surface area contributed by atoms with Crippen LogP contribution >= 0.6 is 0 Å². The molecule has 0 heterocycles. The molecule has 0 amide bonds. The lowest BCUT2D eigenvalue weighted by molar-refractivity contribution is 0.306. The smallest absolute Gasteiger partial charge is 0.161 e. The van der Waals surface area contributed by atoms with Crippen molar-refractivity contribution in [3.05, 3.63) is 78.4 Å². The maximum absolute atomic E-state index is 9.70. The first kappa shape index (κ1) is 15.0.